The van der Waals surface area contributed by atoms with Crippen molar-refractivity contribution in [2.75, 3.05) is 31.5 Å². The average Bonchev–Trinajstić information content (AvgIpc) is 2.67. The van der Waals surface area contributed by atoms with Crippen molar-refractivity contribution < 1.29 is 14.4 Å². The third kappa shape index (κ3) is 7.49. The van der Waals surface area contributed by atoms with Crippen LogP contribution in [0.3, 0.4) is 0 Å². The maximum absolute atomic E-state index is 12.5. The first-order valence-electron chi connectivity index (χ1n) is 10.5. The summed E-state index contributed by atoms with van der Waals surface area (Å²) < 4.78 is 0. The Bertz CT molecular complexity index is 710. The van der Waals surface area contributed by atoms with Crippen molar-refractivity contribution in [1.29, 1.82) is 0 Å². The number of carbonyl (C=O) groups is 3. The summed E-state index contributed by atoms with van der Waals surface area (Å²) in [5.74, 6) is 0.0918. The zero-order chi connectivity index (χ0) is 21.4. The normalized spacial score (nSPS) is 15.4. The average molecular weight is 403 g/mol. The number of anilines is 1. The van der Waals surface area contributed by atoms with E-state index in [1.165, 1.54) is 0 Å². The molecule has 160 valence electrons. The van der Waals surface area contributed by atoms with Gasteiger partial charge in [0, 0.05) is 31.6 Å². The van der Waals surface area contributed by atoms with Gasteiger partial charge in [-0.15, -0.1) is 0 Å². The van der Waals surface area contributed by atoms with E-state index in [1.54, 1.807) is 24.3 Å². The van der Waals surface area contributed by atoms with Crippen LogP contribution in [0, 0.1) is 11.8 Å². The molecule has 1 aliphatic heterocycles. The molecule has 0 aliphatic carbocycles. The fraction of sp³-hybridized carbons (Fsp3) is 0.591. The van der Waals surface area contributed by atoms with E-state index in [4.69, 9.17) is 0 Å². The molecule has 1 fully saturated rings. The molecular weight excluding hydrogens is 368 g/mol. The molecule has 1 aromatic rings. The molecule has 1 aromatic carbocycles. The number of hydrogen-bond donors (Lipinski definition) is 3. The zero-order valence-electron chi connectivity index (χ0n) is 18.0. The third-order valence-corrected chi connectivity index (χ3v) is 4.94. The van der Waals surface area contributed by atoms with Crippen molar-refractivity contribution in [3.8, 4) is 0 Å². The summed E-state index contributed by atoms with van der Waals surface area (Å²) in [5.41, 5.74) is 0.995. The number of nitrogens with zero attached hydrogens (tertiary/aromatic N) is 1. The molecule has 0 radical (unpaired) electrons. The maximum Gasteiger partial charge on any atom is 0.253 e. The van der Waals surface area contributed by atoms with E-state index in [-0.39, 0.29) is 36.2 Å². The summed E-state index contributed by atoms with van der Waals surface area (Å²) >= 11 is 0. The number of rotatable bonds is 8. The van der Waals surface area contributed by atoms with Gasteiger partial charge in [-0.25, -0.2) is 0 Å². The van der Waals surface area contributed by atoms with Crippen LogP contribution >= 0.6 is 0 Å². The highest BCUT2D eigenvalue weighted by Crippen LogP contribution is 2.16. The number of likely N-dealkylation sites (tertiary alicyclic amines) is 1. The highest BCUT2D eigenvalue weighted by molar-refractivity contribution is 6.04. The Morgan fingerprint density at radius 2 is 1.72 bits per heavy atom. The number of carbonyl (C=O) groups excluding carboxylic acids is 3. The molecule has 3 N–H and O–H groups in total. The molecule has 29 heavy (non-hydrogen) atoms. The van der Waals surface area contributed by atoms with Gasteiger partial charge in [-0.1, -0.05) is 39.8 Å². The number of benzene rings is 1. The molecule has 2 rings (SSSR count). The standard InChI is InChI=1S/C22H34N4O3/c1-15(2)13-23-22(29)18-7-5-6-8-19(18)25-20(27)14-26-11-9-17(10-12-26)24-21(28)16(3)4/h5-8,15-17H,9-14H2,1-4H3,(H,23,29)(H,24,28)(H,25,27). The van der Waals surface area contributed by atoms with Gasteiger partial charge in [0.25, 0.3) is 5.91 Å². The lowest BCUT2D eigenvalue weighted by Crippen LogP contribution is -2.47. The second-order valence-corrected chi connectivity index (χ2v) is 8.41. The molecule has 0 spiro atoms. The van der Waals surface area contributed by atoms with Crippen molar-refractivity contribution in [3.63, 3.8) is 0 Å². The van der Waals surface area contributed by atoms with Gasteiger partial charge >= 0.3 is 0 Å². The minimum absolute atomic E-state index is 0.0170. The van der Waals surface area contributed by atoms with Crippen molar-refractivity contribution in [2.45, 2.75) is 46.6 Å². The minimum Gasteiger partial charge on any atom is -0.353 e. The van der Waals surface area contributed by atoms with Crippen molar-refractivity contribution in [3.05, 3.63) is 29.8 Å². The maximum atomic E-state index is 12.5. The predicted molar refractivity (Wildman–Crippen MR) is 115 cm³/mol. The quantitative estimate of drug-likeness (QED) is 0.622. The lowest BCUT2D eigenvalue weighted by Gasteiger charge is -2.32. The van der Waals surface area contributed by atoms with E-state index in [1.807, 2.05) is 27.7 Å². The Labute approximate surface area is 173 Å². The number of para-hydroxylation sites is 1. The topological polar surface area (TPSA) is 90.5 Å². The molecule has 3 amide bonds. The molecule has 1 aliphatic rings. The molecule has 0 bridgehead atoms. The van der Waals surface area contributed by atoms with Gasteiger partial charge in [-0.2, -0.15) is 0 Å². The van der Waals surface area contributed by atoms with E-state index < -0.39 is 0 Å². The van der Waals surface area contributed by atoms with Crippen molar-refractivity contribution >= 4 is 23.4 Å². The molecule has 0 saturated carbocycles. The second kappa shape index (κ2) is 11.0. The monoisotopic (exact) mass is 402 g/mol. The van der Waals surface area contributed by atoms with Crippen LogP contribution in [0.25, 0.3) is 0 Å². The highest BCUT2D eigenvalue weighted by atomic mass is 16.2. The fourth-order valence-electron chi connectivity index (χ4n) is 3.18. The van der Waals surface area contributed by atoms with Crippen LogP contribution in [0.2, 0.25) is 0 Å². The van der Waals surface area contributed by atoms with Crippen molar-refractivity contribution in [2.24, 2.45) is 11.8 Å². The van der Waals surface area contributed by atoms with Crippen LogP contribution in [-0.4, -0.2) is 54.8 Å². The molecule has 7 nitrogen and oxygen atoms in total. The van der Waals surface area contributed by atoms with E-state index >= 15 is 0 Å². The Hall–Kier alpha value is -2.41. The Kier molecular flexibility index (Phi) is 8.64. The number of hydrogen-bond acceptors (Lipinski definition) is 4. The summed E-state index contributed by atoms with van der Waals surface area (Å²) in [6.45, 7) is 10.2. The number of nitrogens with one attached hydrogen (secondary N) is 3. The summed E-state index contributed by atoms with van der Waals surface area (Å²) in [6, 6.07) is 7.23. The Morgan fingerprint density at radius 3 is 2.34 bits per heavy atom. The van der Waals surface area contributed by atoms with Crippen LogP contribution in [0.15, 0.2) is 24.3 Å². The first-order valence-corrected chi connectivity index (χ1v) is 10.5. The van der Waals surface area contributed by atoms with Gasteiger partial charge in [0.15, 0.2) is 0 Å². The van der Waals surface area contributed by atoms with Gasteiger partial charge in [-0.3, -0.25) is 19.3 Å². The van der Waals surface area contributed by atoms with E-state index in [9.17, 15) is 14.4 Å². The molecule has 0 aromatic heterocycles. The summed E-state index contributed by atoms with van der Waals surface area (Å²) in [4.78, 5) is 38.8. The molecule has 0 unspecified atom stereocenters. The van der Waals surface area contributed by atoms with Gasteiger partial charge in [0.1, 0.15) is 0 Å². The number of amides is 3. The largest absolute Gasteiger partial charge is 0.353 e. The van der Waals surface area contributed by atoms with Gasteiger partial charge in [-0.05, 0) is 30.9 Å². The fourth-order valence-corrected chi connectivity index (χ4v) is 3.18. The first kappa shape index (κ1) is 22.9. The van der Waals surface area contributed by atoms with E-state index in [0.717, 1.165) is 25.9 Å². The van der Waals surface area contributed by atoms with Crippen LogP contribution < -0.4 is 16.0 Å². The summed E-state index contributed by atoms with van der Waals surface area (Å²) in [6.07, 6.45) is 1.67. The molecule has 1 heterocycles. The molecule has 7 heteroatoms. The smallest absolute Gasteiger partial charge is 0.253 e. The lowest BCUT2D eigenvalue weighted by atomic mass is 10.0. The number of piperidine rings is 1. The lowest BCUT2D eigenvalue weighted by molar-refractivity contribution is -0.125. The van der Waals surface area contributed by atoms with Crippen molar-refractivity contribution in [1.82, 2.24) is 15.5 Å². The molecule has 0 atom stereocenters. The summed E-state index contributed by atoms with van der Waals surface area (Å²) in [5, 5.41) is 8.82. The predicted octanol–water partition coefficient (Wildman–Crippen LogP) is 2.25. The van der Waals surface area contributed by atoms with Crippen LogP contribution in [0.5, 0.6) is 0 Å². The highest BCUT2D eigenvalue weighted by Gasteiger charge is 2.23. The summed E-state index contributed by atoms with van der Waals surface area (Å²) in [7, 11) is 0. The van der Waals surface area contributed by atoms with Gasteiger partial charge in [0.05, 0.1) is 17.8 Å². The zero-order valence-corrected chi connectivity index (χ0v) is 18.0. The molecule has 1 saturated heterocycles. The van der Waals surface area contributed by atoms with Gasteiger partial charge < -0.3 is 16.0 Å². The van der Waals surface area contributed by atoms with Crippen LogP contribution in [-0.2, 0) is 9.59 Å². The Balaban J connectivity index is 1.84. The van der Waals surface area contributed by atoms with Gasteiger partial charge in [0.2, 0.25) is 11.8 Å². The van der Waals surface area contributed by atoms with Crippen LogP contribution in [0.1, 0.15) is 50.9 Å². The Morgan fingerprint density at radius 1 is 1.07 bits per heavy atom. The van der Waals surface area contributed by atoms with E-state index in [0.29, 0.717) is 23.7 Å². The second-order valence-electron chi connectivity index (χ2n) is 8.41. The third-order valence-electron chi connectivity index (χ3n) is 4.94. The SMILES string of the molecule is CC(C)CNC(=O)c1ccccc1NC(=O)CN1CCC(NC(=O)C(C)C)CC1. The minimum atomic E-state index is -0.184. The van der Waals surface area contributed by atoms with E-state index in [2.05, 4.69) is 20.9 Å². The first-order chi connectivity index (χ1) is 13.8. The molecular formula is C22H34N4O3. The van der Waals surface area contributed by atoms with Crippen LogP contribution in [0.4, 0.5) is 5.69 Å².